The lowest BCUT2D eigenvalue weighted by Gasteiger charge is -2.11. The van der Waals surface area contributed by atoms with Crippen LogP contribution >= 0.6 is 0 Å². The van der Waals surface area contributed by atoms with Gasteiger partial charge in [0.05, 0.1) is 0 Å². The van der Waals surface area contributed by atoms with Crippen LogP contribution in [0, 0.1) is 0 Å². The van der Waals surface area contributed by atoms with Gasteiger partial charge in [-0.25, -0.2) is 0 Å². The van der Waals surface area contributed by atoms with E-state index >= 15 is 0 Å². The van der Waals surface area contributed by atoms with Crippen molar-refractivity contribution in [3.05, 3.63) is 70.8 Å². The Bertz CT molecular complexity index is 840. The molecular formula is C25H34O9. The van der Waals surface area contributed by atoms with E-state index in [2.05, 4.69) is 19.9 Å². The van der Waals surface area contributed by atoms with E-state index in [1.165, 1.54) is 11.1 Å². The standard InChI is InChI=1S/C17H18O.4C2H4O2/c1-3-13-11-8-12-16(15(13)4-2)17(18)14-9-6-5-7-10-14;4*1-2(3)4/h5-12H,3-4H2,1-2H3;4*1H3,(H,3,4). The maximum absolute atomic E-state index is 12.5. The summed E-state index contributed by atoms with van der Waals surface area (Å²) in [6.07, 6.45) is 1.87. The van der Waals surface area contributed by atoms with Crippen molar-refractivity contribution in [3.8, 4) is 0 Å². The first-order valence-corrected chi connectivity index (χ1v) is 10.2. The molecule has 2 aromatic carbocycles. The van der Waals surface area contributed by atoms with Gasteiger partial charge in [0.2, 0.25) is 0 Å². The van der Waals surface area contributed by atoms with Crippen LogP contribution in [-0.2, 0) is 32.0 Å². The molecule has 0 radical (unpaired) electrons. The van der Waals surface area contributed by atoms with E-state index in [-0.39, 0.29) is 5.78 Å². The molecule has 4 N–H and O–H groups in total. The van der Waals surface area contributed by atoms with E-state index in [4.69, 9.17) is 39.6 Å². The normalized spacial score (nSPS) is 8.41. The van der Waals surface area contributed by atoms with Crippen molar-refractivity contribution in [1.82, 2.24) is 0 Å². The van der Waals surface area contributed by atoms with Crippen molar-refractivity contribution in [1.29, 1.82) is 0 Å². The van der Waals surface area contributed by atoms with Crippen LogP contribution in [0.2, 0.25) is 0 Å². The van der Waals surface area contributed by atoms with Gasteiger partial charge in [0, 0.05) is 38.8 Å². The number of aryl methyl sites for hydroxylation is 1. The number of hydrogen-bond donors (Lipinski definition) is 4. The number of aliphatic carboxylic acids is 4. The molecule has 0 bridgehead atoms. The highest BCUT2D eigenvalue weighted by molar-refractivity contribution is 6.10. The van der Waals surface area contributed by atoms with E-state index < -0.39 is 23.9 Å². The third-order valence-corrected chi connectivity index (χ3v) is 3.29. The quantitative estimate of drug-likeness (QED) is 0.465. The Labute approximate surface area is 199 Å². The zero-order valence-electron chi connectivity index (χ0n) is 20.4. The Morgan fingerprint density at radius 1 is 0.588 bits per heavy atom. The lowest BCUT2D eigenvalue weighted by molar-refractivity contribution is -0.135. The predicted octanol–water partition coefficient (Wildman–Crippen LogP) is 4.41. The topological polar surface area (TPSA) is 166 Å². The average molecular weight is 479 g/mol. The van der Waals surface area contributed by atoms with E-state index in [9.17, 15) is 4.79 Å². The molecule has 9 heteroatoms. The average Bonchev–Trinajstić information content (AvgIpc) is 2.71. The molecule has 0 spiro atoms. The molecule has 2 rings (SSSR count). The van der Waals surface area contributed by atoms with Crippen LogP contribution in [0.3, 0.4) is 0 Å². The van der Waals surface area contributed by atoms with Crippen LogP contribution in [0.5, 0.6) is 0 Å². The fraction of sp³-hybridized carbons (Fsp3) is 0.320. The van der Waals surface area contributed by atoms with Crippen LogP contribution in [0.4, 0.5) is 0 Å². The molecule has 188 valence electrons. The van der Waals surface area contributed by atoms with Crippen molar-refractivity contribution in [2.75, 3.05) is 0 Å². The van der Waals surface area contributed by atoms with Gasteiger partial charge in [-0.2, -0.15) is 0 Å². The zero-order valence-corrected chi connectivity index (χ0v) is 20.4. The molecule has 0 aliphatic heterocycles. The number of carboxylic acid groups (broad SMARTS) is 4. The number of carboxylic acids is 4. The largest absolute Gasteiger partial charge is 0.481 e. The van der Waals surface area contributed by atoms with Gasteiger partial charge in [0.25, 0.3) is 23.9 Å². The zero-order chi connectivity index (χ0) is 27.3. The summed E-state index contributed by atoms with van der Waals surface area (Å²) in [5, 5.41) is 29.7. The van der Waals surface area contributed by atoms with Gasteiger partial charge in [-0.05, 0) is 24.0 Å². The highest BCUT2D eigenvalue weighted by Gasteiger charge is 2.14. The minimum absolute atomic E-state index is 0.128. The minimum atomic E-state index is -0.833. The van der Waals surface area contributed by atoms with Gasteiger partial charge in [0.1, 0.15) is 0 Å². The molecule has 0 heterocycles. The molecule has 0 aliphatic rings. The number of ketones is 1. The Morgan fingerprint density at radius 3 is 1.29 bits per heavy atom. The van der Waals surface area contributed by atoms with Crippen LogP contribution in [0.25, 0.3) is 0 Å². The Kier molecular flexibility index (Phi) is 21.2. The monoisotopic (exact) mass is 478 g/mol. The van der Waals surface area contributed by atoms with E-state index in [0.717, 1.165) is 51.7 Å². The van der Waals surface area contributed by atoms with Crippen molar-refractivity contribution < 1.29 is 44.4 Å². The summed E-state index contributed by atoms with van der Waals surface area (Å²) in [6, 6.07) is 15.5. The predicted molar refractivity (Wildman–Crippen MR) is 128 cm³/mol. The summed E-state index contributed by atoms with van der Waals surface area (Å²) in [4.78, 5) is 48.5. The molecule has 0 amide bonds. The number of rotatable bonds is 4. The highest BCUT2D eigenvalue weighted by atomic mass is 16.4. The molecule has 0 fully saturated rings. The molecule has 0 saturated carbocycles. The maximum atomic E-state index is 12.5. The number of carbonyl (C=O) groups excluding carboxylic acids is 1. The fourth-order valence-electron chi connectivity index (χ4n) is 2.34. The lowest BCUT2D eigenvalue weighted by Crippen LogP contribution is -2.07. The second-order valence-electron chi connectivity index (χ2n) is 6.42. The third-order valence-electron chi connectivity index (χ3n) is 3.29. The van der Waals surface area contributed by atoms with Gasteiger partial charge < -0.3 is 20.4 Å². The molecule has 0 saturated heterocycles. The molecule has 2 aromatic rings. The summed E-state index contributed by atoms with van der Waals surface area (Å²) < 4.78 is 0. The summed E-state index contributed by atoms with van der Waals surface area (Å²) in [7, 11) is 0. The molecule has 9 nitrogen and oxygen atoms in total. The molecule has 0 unspecified atom stereocenters. The van der Waals surface area contributed by atoms with Gasteiger partial charge in [0.15, 0.2) is 5.78 Å². The first kappa shape index (κ1) is 34.6. The molecule has 34 heavy (non-hydrogen) atoms. The second-order valence-corrected chi connectivity index (χ2v) is 6.42. The van der Waals surface area contributed by atoms with E-state index in [1.54, 1.807) is 0 Å². The van der Waals surface area contributed by atoms with E-state index in [1.807, 2.05) is 42.5 Å². The fourth-order valence-corrected chi connectivity index (χ4v) is 2.34. The minimum Gasteiger partial charge on any atom is -0.481 e. The Morgan fingerprint density at radius 2 is 0.971 bits per heavy atom. The van der Waals surface area contributed by atoms with Gasteiger partial charge in [-0.1, -0.05) is 62.4 Å². The highest BCUT2D eigenvalue weighted by Crippen LogP contribution is 2.19. The molecule has 0 atom stereocenters. The summed E-state index contributed by atoms with van der Waals surface area (Å²) >= 11 is 0. The first-order valence-electron chi connectivity index (χ1n) is 10.2. The van der Waals surface area contributed by atoms with Gasteiger partial charge in [-0.15, -0.1) is 0 Å². The molecule has 0 aliphatic carbocycles. The van der Waals surface area contributed by atoms with Crippen LogP contribution in [0.1, 0.15) is 68.6 Å². The Hall–Kier alpha value is -4.01. The first-order chi connectivity index (χ1) is 15.7. The summed E-state index contributed by atoms with van der Waals surface area (Å²) in [5.74, 6) is -3.21. The van der Waals surface area contributed by atoms with Crippen molar-refractivity contribution in [2.45, 2.75) is 54.4 Å². The summed E-state index contributed by atoms with van der Waals surface area (Å²) in [5.41, 5.74) is 4.08. The van der Waals surface area contributed by atoms with Crippen LogP contribution in [0.15, 0.2) is 48.5 Å². The lowest BCUT2D eigenvalue weighted by atomic mass is 9.92. The van der Waals surface area contributed by atoms with Crippen LogP contribution in [-0.4, -0.2) is 50.1 Å². The Balaban J connectivity index is -0.000000492. The third kappa shape index (κ3) is 22.7. The van der Waals surface area contributed by atoms with Crippen molar-refractivity contribution in [3.63, 3.8) is 0 Å². The summed E-state index contributed by atoms with van der Waals surface area (Å²) in [6.45, 7) is 8.57. The van der Waals surface area contributed by atoms with Crippen molar-refractivity contribution >= 4 is 29.7 Å². The van der Waals surface area contributed by atoms with Gasteiger partial charge in [-0.3, -0.25) is 24.0 Å². The number of hydrogen-bond acceptors (Lipinski definition) is 5. The number of benzene rings is 2. The second kappa shape index (κ2) is 20.9. The van der Waals surface area contributed by atoms with Crippen molar-refractivity contribution in [2.24, 2.45) is 0 Å². The van der Waals surface area contributed by atoms with Gasteiger partial charge >= 0.3 is 0 Å². The molecule has 0 aromatic heterocycles. The van der Waals surface area contributed by atoms with E-state index in [0.29, 0.717) is 0 Å². The number of carbonyl (C=O) groups is 5. The smallest absolute Gasteiger partial charge is 0.300 e. The SMILES string of the molecule is CC(=O)O.CC(=O)O.CC(=O)O.CC(=O)O.CCc1cccc(C(=O)c2ccccc2)c1CC. The molecular weight excluding hydrogens is 444 g/mol. The maximum Gasteiger partial charge on any atom is 0.300 e. The van der Waals surface area contributed by atoms with Crippen LogP contribution < -0.4 is 0 Å².